The summed E-state index contributed by atoms with van der Waals surface area (Å²) in [5, 5.41) is 0.783. The van der Waals surface area contributed by atoms with Crippen LogP contribution in [0, 0.1) is 5.92 Å². The average molecular weight is 309 g/mol. The number of hydrogen-bond donors (Lipinski definition) is 0. The molecule has 2 heterocycles. The Morgan fingerprint density at radius 3 is 3.05 bits per heavy atom. The number of halogens is 1. The summed E-state index contributed by atoms with van der Waals surface area (Å²) in [5.41, 5.74) is 1.24. The summed E-state index contributed by atoms with van der Waals surface area (Å²) >= 11 is 6.05. The lowest BCUT2D eigenvalue weighted by atomic mass is 9.94. The molecule has 0 aromatic heterocycles. The van der Waals surface area contributed by atoms with Crippen molar-refractivity contribution >= 4 is 17.5 Å². The molecule has 0 bridgehead atoms. The lowest BCUT2D eigenvalue weighted by Gasteiger charge is -2.37. The van der Waals surface area contributed by atoms with E-state index in [9.17, 15) is 4.79 Å². The van der Waals surface area contributed by atoms with Crippen molar-refractivity contribution in [1.29, 1.82) is 0 Å². The van der Waals surface area contributed by atoms with Crippen LogP contribution >= 0.6 is 11.6 Å². The molecule has 3 rings (SSSR count). The minimum atomic E-state index is 0.0887. The van der Waals surface area contributed by atoms with Crippen molar-refractivity contribution in [2.75, 3.05) is 33.3 Å². The lowest BCUT2D eigenvalue weighted by Crippen LogP contribution is -2.46. The van der Waals surface area contributed by atoms with E-state index in [1.165, 1.54) is 5.56 Å². The molecule has 4 nitrogen and oxygen atoms in total. The molecular formula is C16H21ClN2O2. The number of carbonyl (C=O) groups excluding carboxylic acids is 1. The number of hydrogen-bond acceptors (Lipinski definition) is 3. The minimum absolute atomic E-state index is 0.0887. The highest BCUT2D eigenvalue weighted by Crippen LogP contribution is 2.25. The molecule has 1 aromatic carbocycles. The van der Waals surface area contributed by atoms with E-state index < -0.39 is 0 Å². The molecule has 114 valence electrons. The first-order valence-corrected chi connectivity index (χ1v) is 7.82. The number of rotatable bonds is 2. The van der Waals surface area contributed by atoms with Crippen LogP contribution in [0.1, 0.15) is 12.0 Å². The first kappa shape index (κ1) is 14.8. The van der Waals surface area contributed by atoms with Crippen LogP contribution < -0.4 is 0 Å². The van der Waals surface area contributed by atoms with Crippen LogP contribution in [0.25, 0.3) is 0 Å². The molecule has 0 radical (unpaired) electrons. The van der Waals surface area contributed by atoms with Gasteiger partial charge in [-0.3, -0.25) is 9.69 Å². The van der Waals surface area contributed by atoms with Gasteiger partial charge in [0.1, 0.15) is 6.61 Å². The summed E-state index contributed by atoms with van der Waals surface area (Å²) in [6.07, 6.45) is 1.21. The van der Waals surface area contributed by atoms with Crippen LogP contribution in [0.5, 0.6) is 0 Å². The molecule has 1 amide bonds. The monoisotopic (exact) mass is 308 g/mol. The number of piperidine rings is 1. The van der Waals surface area contributed by atoms with Gasteiger partial charge < -0.3 is 9.64 Å². The number of likely N-dealkylation sites (tertiary alicyclic amines) is 1. The smallest absolute Gasteiger partial charge is 0.248 e. The molecule has 2 saturated heterocycles. The van der Waals surface area contributed by atoms with Crippen molar-refractivity contribution in [2.24, 2.45) is 5.92 Å². The summed E-state index contributed by atoms with van der Waals surface area (Å²) in [6, 6.07) is 8.02. The molecule has 0 N–H and O–H groups in total. The van der Waals surface area contributed by atoms with E-state index in [-0.39, 0.29) is 18.6 Å². The Balaban J connectivity index is 1.64. The highest BCUT2D eigenvalue weighted by Gasteiger charge is 2.34. The van der Waals surface area contributed by atoms with Crippen molar-refractivity contribution in [3.63, 3.8) is 0 Å². The third kappa shape index (κ3) is 3.57. The Morgan fingerprint density at radius 1 is 1.38 bits per heavy atom. The Hall–Kier alpha value is -1.10. The fraction of sp³-hybridized carbons (Fsp3) is 0.562. The van der Waals surface area contributed by atoms with E-state index in [0.29, 0.717) is 5.92 Å². The second-order valence-electron chi connectivity index (χ2n) is 6.04. The van der Waals surface area contributed by atoms with Gasteiger partial charge in [-0.05, 0) is 24.1 Å². The van der Waals surface area contributed by atoms with Crippen molar-refractivity contribution in [3.05, 3.63) is 34.9 Å². The Morgan fingerprint density at radius 2 is 2.24 bits per heavy atom. The maximum atomic E-state index is 11.7. The molecule has 0 saturated carbocycles. The number of benzene rings is 1. The van der Waals surface area contributed by atoms with Gasteiger partial charge >= 0.3 is 0 Å². The molecule has 2 aliphatic heterocycles. The maximum absolute atomic E-state index is 11.7. The van der Waals surface area contributed by atoms with Crippen molar-refractivity contribution in [2.45, 2.75) is 19.1 Å². The van der Waals surface area contributed by atoms with Gasteiger partial charge in [0.05, 0.1) is 6.10 Å². The first-order valence-electron chi connectivity index (χ1n) is 7.44. The van der Waals surface area contributed by atoms with Gasteiger partial charge in [0.15, 0.2) is 0 Å². The fourth-order valence-corrected chi connectivity index (χ4v) is 3.47. The van der Waals surface area contributed by atoms with Crippen LogP contribution in [0.15, 0.2) is 24.3 Å². The zero-order chi connectivity index (χ0) is 14.8. The molecule has 5 heteroatoms. The van der Waals surface area contributed by atoms with Gasteiger partial charge in [0.25, 0.3) is 0 Å². The predicted molar refractivity (Wildman–Crippen MR) is 82.2 cm³/mol. The zero-order valence-electron chi connectivity index (χ0n) is 12.3. The van der Waals surface area contributed by atoms with E-state index >= 15 is 0 Å². The van der Waals surface area contributed by atoms with E-state index in [0.717, 1.165) is 37.6 Å². The van der Waals surface area contributed by atoms with Crippen molar-refractivity contribution in [1.82, 2.24) is 9.80 Å². The van der Waals surface area contributed by atoms with E-state index in [1.54, 1.807) is 4.90 Å². The molecule has 0 aliphatic carbocycles. The second-order valence-corrected chi connectivity index (χ2v) is 6.47. The Kier molecular flexibility index (Phi) is 4.48. The second kappa shape index (κ2) is 6.34. The van der Waals surface area contributed by atoms with Gasteiger partial charge in [0, 0.05) is 44.2 Å². The van der Waals surface area contributed by atoms with Gasteiger partial charge in [-0.25, -0.2) is 0 Å². The topological polar surface area (TPSA) is 32.8 Å². The quantitative estimate of drug-likeness (QED) is 0.838. The van der Waals surface area contributed by atoms with Crippen LogP contribution in [0.2, 0.25) is 5.02 Å². The number of amides is 1. The minimum Gasteiger partial charge on any atom is -0.368 e. The molecule has 1 aromatic rings. The molecule has 2 fully saturated rings. The fourth-order valence-electron chi connectivity index (χ4n) is 3.26. The first-order chi connectivity index (χ1) is 10.1. The SMILES string of the molecule is CN1C[C@H]2CN(Cc3cccc(Cl)c3)CC[C@@H]2OCC1=O. The van der Waals surface area contributed by atoms with Gasteiger partial charge in [-0.1, -0.05) is 23.7 Å². The summed E-state index contributed by atoms with van der Waals surface area (Å²) < 4.78 is 5.77. The van der Waals surface area contributed by atoms with E-state index in [2.05, 4.69) is 11.0 Å². The lowest BCUT2D eigenvalue weighted by molar-refractivity contribution is -0.133. The number of ether oxygens (including phenoxy) is 1. The molecule has 0 unspecified atom stereocenters. The summed E-state index contributed by atoms with van der Waals surface area (Å²) in [4.78, 5) is 16.0. The Bertz CT molecular complexity index is 523. The highest BCUT2D eigenvalue weighted by molar-refractivity contribution is 6.30. The predicted octanol–water partition coefficient (Wildman–Crippen LogP) is 2.02. The third-order valence-electron chi connectivity index (χ3n) is 4.40. The standard InChI is InChI=1S/C16H21ClN2O2/c1-18-9-13-10-19(6-5-15(13)21-11-16(18)20)8-12-3-2-4-14(17)7-12/h2-4,7,13,15H,5-6,8-11H2,1H3/t13-,15-/m0/s1. The summed E-state index contributed by atoms with van der Waals surface area (Å²) in [7, 11) is 1.87. The maximum Gasteiger partial charge on any atom is 0.248 e. The average Bonchev–Trinajstić information content (AvgIpc) is 2.59. The van der Waals surface area contributed by atoms with Crippen LogP contribution in [0.3, 0.4) is 0 Å². The number of likely N-dealkylation sites (N-methyl/N-ethyl adjacent to an activating group) is 1. The number of fused-ring (bicyclic) bond motifs is 1. The molecule has 2 atom stereocenters. The van der Waals surface area contributed by atoms with E-state index in [4.69, 9.17) is 16.3 Å². The number of nitrogens with zero attached hydrogens (tertiary/aromatic N) is 2. The van der Waals surface area contributed by atoms with Crippen LogP contribution in [-0.2, 0) is 16.1 Å². The Labute approximate surface area is 130 Å². The summed E-state index contributed by atoms with van der Waals surface area (Å²) in [5.74, 6) is 0.486. The molecule has 21 heavy (non-hydrogen) atoms. The number of carbonyl (C=O) groups is 1. The largest absolute Gasteiger partial charge is 0.368 e. The van der Waals surface area contributed by atoms with Gasteiger partial charge in [0.2, 0.25) is 5.91 Å². The van der Waals surface area contributed by atoms with Crippen molar-refractivity contribution < 1.29 is 9.53 Å². The van der Waals surface area contributed by atoms with Crippen LogP contribution in [0.4, 0.5) is 0 Å². The van der Waals surface area contributed by atoms with Gasteiger partial charge in [-0.15, -0.1) is 0 Å². The molecule has 0 spiro atoms. The van der Waals surface area contributed by atoms with Crippen LogP contribution in [-0.4, -0.2) is 55.1 Å². The van der Waals surface area contributed by atoms with E-state index in [1.807, 2.05) is 25.2 Å². The zero-order valence-corrected chi connectivity index (χ0v) is 13.1. The van der Waals surface area contributed by atoms with Crippen molar-refractivity contribution in [3.8, 4) is 0 Å². The molecule has 2 aliphatic rings. The third-order valence-corrected chi connectivity index (χ3v) is 4.63. The summed E-state index contributed by atoms with van der Waals surface area (Å²) in [6.45, 7) is 3.89. The van der Waals surface area contributed by atoms with Gasteiger partial charge in [-0.2, -0.15) is 0 Å². The highest BCUT2D eigenvalue weighted by atomic mass is 35.5. The molecular weight excluding hydrogens is 288 g/mol. The normalized spacial score (nSPS) is 27.3.